The number of carboxylic acid groups (broad SMARTS) is 1. The summed E-state index contributed by atoms with van der Waals surface area (Å²) in [5, 5.41) is 9.00. The van der Waals surface area contributed by atoms with E-state index in [9.17, 15) is 13.2 Å². The topological polar surface area (TPSA) is 93.1 Å². The molecular weight excluding hydrogens is 302 g/mol. The van der Waals surface area contributed by atoms with Crippen LogP contribution in [0.4, 0.5) is 4.79 Å². The molecule has 1 amide bonds. The van der Waals surface area contributed by atoms with Crippen LogP contribution in [0.5, 0.6) is 0 Å². The Morgan fingerprint density at radius 3 is 2.35 bits per heavy atom. The van der Waals surface area contributed by atoms with Crippen molar-refractivity contribution < 1.29 is 26.9 Å². The molecule has 20 heavy (non-hydrogen) atoms. The van der Waals surface area contributed by atoms with E-state index in [-0.39, 0.29) is 11.6 Å². The smallest absolute Gasteiger partial charge is 0.423 e. The summed E-state index contributed by atoms with van der Waals surface area (Å²) in [4.78, 5) is 11.1. The third kappa shape index (κ3) is 3.33. The predicted molar refractivity (Wildman–Crippen MR) is 76.3 cm³/mol. The highest BCUT2D eigenvalue weighted by Gasteiger charge is 2.48. The van der Waals surface area contributed by atoms with Gasteiger partial charge in [0.2, 0.25) is 0 Å². The van der Waals surface area contributed by atoms with Crippen molar-refractivity contribution in [2.24, 2.45) is 0 Å². The average Bonchev–Trinajstić information content (AvgIpc) is 2.51. The minimum absolute atomic E-state index is 0.0480. The van der Waals surface area contributed by atoms with Gasteiger partial charge in [0.1, 0.15) is 6.04 Å². The molecule has 7 nitrogen and oxygen atoms in total. The summed E-state index contributed by atoms with van der Waals surface area (Å²) >= 11 is 0. The van der Waals surface area contributed by atoms with Crippen molar-refractivity contribution in [3.05, 3.63) is 0 Å². The van der Waals surface area contributed by atoms with E-state index in [0.717, 1.165) is 0 Å². The predicted octanol–water partition coefficient (Wildman–Crippen LogP) is 2.02. The number of hydrogen-bond donors (Lipinski definition) is 1. The molecule has 0 bridgehead atoms. The van der Waals surface area contributed by atoms with E-state index in [1.54, 1.807) is 6.92 Å². The maximum atomic E-state index is 11.6. The average molecular weight is 325 g/mol. The highest BCUT2D eigenvalue weighted by Crippen LogP contribution is 2.38. The fourth-order valence-corrected chi connectivity index (χ4v) is 4.35. The third-order valence-electron chi connectivity index (χ3n) is 3.95. The molecule has 1 fully saturated rings. The second-order valence-electron chi connectivity index (χ2n) is 6.47. The van der Waals surface area contributed by atoms with Gasteiger partial charge in [-0.05, 0) is 25.1 Å². The Morgan fingerprint density at radius 2 is 1.95 bits per heavy atom. The van der Waals surface area contributed by atoms with Crippen molar-refractivity contribution >= 4 is 24.7 Å². The molecule has 1 saturated heterocycles. The van der Waals surface area contributed by atoms with E-state index in [4.69, 9.17) is 9.53 Å². The van der Waals surface area contributed by atoms with Crippen LogP contribution in [-0.4, -0.2) is 51.0 Å². The Hall–Kier alpha value is -0.643. The molecule has 1 rings (SSSR count). The lowest BCUT2D eigenvalue weighted by atomic mass is 10.2. The van der Waals surface area contributed by atoms with E-state index >= 15 is 0 Å². The van der Waals surface area contributed by atoms with Gasteiger partial charge in [-0.3, -0.25) is 4.18 Å². The molecule has 1 N–H and O–H groups in total. The van der Waals surface area contributed by atoms with Gasteiger partial charge < -0.3 is 9.53 Å². The van der Waals surface area contributed by atoms with E-state index in [0.29, 0.717) is 4.31 Å². The van der Waals surface area contributed by atoms with Gasteiger partial charge in [-0.2, -0.15) is 12.7 Å². The van der Waals surface area contributed by atoms with Crippen LogP contribution in [0.3, 0.4) is 0 Å². The van der Waals surface area contributed by atoms with Crippen LogP contribution in [0, 0.1) is 0 Å². The molecule has 1 unspecified atom stereocenters. The van der Waals surface area contributed by atoms with Gasteiger partial charge in [-0.25, -0.2) is 4.79 Å². The molecule has 0 aromatic carbocycles. The maximum absolute atomic E-state index is 11.6. The molecule has 1 aliphatic rings. The standard InChI is InChI=1S/C11H23NO6SSi/c1-8(18-20(5,6)11(2,3)4)9-7-17-19(15,16)12(9)10(13)14/h8-9H,7H2,1-6H3,(H,13,14)/t8-,9?/m1/s1. The summed E-state index contributed by atoms with van der Waals surface area (Å²) in [7, 11) is -6.32. The van der Waals surface area contributed by atoms with Crippen molar-refractivity contribution in [2.45, 2.75) is 58.0 Å². The molecule has 2 atom stereocenters. The van der Waals surface area contributed by atoms with Gasteiger partial charge in [0.15, 0.2) is 8.32 Å². The van der Waals surface area contributed by atoms with E-state index in [1.165, 1.54) is 0 Å². The first-order chi connectivity index (χ1) is 8.79. The molecule has 1 aliphatic heterocycles. The van der Waals surface area contributed by atoms with Crippen LogP contribution >= 0.6 is 0 Å². The van der Waals surface area contributed by atoms with E-state index < -0.39 is 36.9 Å². The van der Waals surface area contributed by atoms with Crippen molar-refractivity contribution in [1.29, 1.82) is 0 Å². The normalized spacial score (nSPS) is 24.7. The van der Waals surface area contributed by atoms with Crippen molar-refractivity contribution in [1.82, 2.24) is 4.31 Å². The molecule has 0 saturated carbocycles. The molecule has 0 radical (unpaired) electrons. The van der Waals surface area contributed by atoms with Gasteiger partial charge in [-0.1, -0.05) is 20.8 Å². The number of nitrogens with zero attached hydrogens (tertiary/aromatic N) is 1. The Balaban J connectivity index is 2.94. The number of hydrogen-bond acceptors (Lipinski definition) is 5. The third-order valence-corrected chi connectivity index (χ3v) is 9.86. The van der Waals surface area contributed by atoms with Gasteiger partial charge in [0, 0.05) is 0 Å². The van der Waals surface area contributed by atoms with Crippen LogP contribution in [0.15, 0.2) is 0 Å². The van der Waals surface area contributed by atoms with Crippen LogP contribution in [-0.2, 0) is 18.9 Å². The zero-order valence-electron chi connectivity index (χ0n) is 12.7. The summed E-state index contributed by atoms with van der Waals surface area (Å²) in [6.45, 7) is 11.7. The summed E-state index contributed by atoms with van der Waals surface area (Å²) in [6.07, 6.45) is -2.09. The fraction of sp³-hybridized carbons (Fsp3) is 0.909. The van der Waals surface area contributed by atoms with Gasteiger partial charge in [0.25, 0.3) is 0 Å². The lowest BCUT2D eigenvalue weighted by Gasteiger charge is -2.40. The Kier molecular flexibility index (Phi) is 4.60. The molecule has 0 aliphatic carbocycles. The Labute approximate surface area is 121 Å². The van der Waals surface area contributed by atoms with Crippen LogP contribution in [0.1, 0.15) is 27.7 Å². The van der Waals surface area contributed by atoms with Crippen LogP contribution in [0.25, 0.3) is 0 Å². The monoisotopic (exact) mass is 325 g/mol. The molecule has 9 heteroatoms. The minimum Gasteiger partial charge on any atom is -0.464 e. The summed E-state index contributed by atoms with van der Waals surface area (Å²) < 4.78 is 34.1. The van der Waals surface area contributed by atoms with E-state index in [2.05, 4.69) is 25.0 Å². The number of rotatable bonds is 3. The first kappa shape index (κ1) is 17.4. The first-order valence-corrected chi connectivity index (χ1v) is 10.7. The molecule has 0 aromatic heterocycles. The zero-order valence-corrected chi connectivity index (χ0v) is 14.5. The molecular formula is C11H23NO6SSi. The summed E-state index contributed by atoms with van der Waals surface area (Å²) in [6, 6.07) is -0.841. The van der Waals surface area contributed by atoms with Gasteiger partial charge in [-0.15, -0.1) is 0 Å². The van der Waals surface area contributed by atoms with Gasteiger partial charge in [0.05, 0.1) is 12.7 Å². The molecule has 1 heterocycles. The second kappa shape index (κ2) is 5.28. The van der Waals surface area contributed by atoms with Crippen molar-refractivity contribution in [3.8, 4) is 0 Å². The largest absolute Gasteiger partial charge is 0.464 e. The van der Waals surface area contributed by atoms with Gasteiger partial charge >= 0.3 is 16.4 Å². The lowest BCUT2D eigenvalue weighted by Crippen LogP contribution is -2.51. The quantitative estimate of drug-likeness (QED) is 0.798. The Bertz CT molecular complexity index is 484. The van der Waals surface area contributed by atoms with Crippen molar-refractivity contribution in [3.63, 3.8) is 0 Å². The summed E-state index contributed by atoms with van der Waals surface area (Å²) in [5.41, 5.74) is 0. The molecule has 118 valence electrons. The van der Waals surface area contributed by atoms with Crippen LogP contribution < -0.4 is 0 Å². The van der Waals surface area contributed by atoms with E-state index in [1.807, 2.05) is 13.1 Å². The fourth-order valence-electron chi connectivity index (χ4n) is 1.73. The lowest BCUT2D eigenvalue weighted by molar-refractivity contribution is 0.102. The first-order valence-electron chi connectivity index (χ1n) is 6.39. The zero-order chi connectivity index (χ0) is 15.9. The minimum atomic E-state index is -4.20. The highest BCUT2D eigenvalue weighted by molar-refractivity contribution is 7.85. The molecule has 0 aromatic rings. The number of carbonyl (C=O) groups is 1. The maximum Gasteiger partial charge on any atom is 0.423 e. The Morgan fingerprint density at radius 1 is 1.45 bits per heavy atom. The highest BCUT2D eigenvalue weighted by atomic mass is 32.2. The van der Waals surface area contributed by atoms with Crippen LogP contribution in [0.2, 0.25) is 18.1 Å². The number of amides is 1. The second-order valence-corrected chi connectivity index (χ2v) is 12.7. The van der Waals surface area contributed by atoms with Crippen molar-refractivity contribution in [2.75, 3.05) is 6.61 Å². The molecule has 0 spiro atoms. The SMILES string of the molecule is C[C@@H](O[Si](C)(C)C(C)(C)C)C1COS(=O)(=O)N1C(=O)O. The summed E-state index contributed by atoms with van der Waals surface area (Å²) in [5.74, 6) is 0.